The van der Waals surface area contributed by atoms with Crippen molar-refractivity contribution in [2.24, 2.45) is 0 Å². The zero-order valence-electron chi connectivity index (χ0n) is 19.4. The van der Waals surface area contributed by atoms with Crippen molar-refractivity contribution in [1.29, 1.82) is 0 Å². The first-order valence-corrected chi connectivity index (χ1v) is 12.1. The van der Waals surface area contributed by atoms with E-state index >= 15 is 0 Å². The van der Waals surface area contributed by atoms with Gasteiger partial charge in [0.15, 0.2) is 0 Å². The number of nitrogens with one attached hydrogen (secondary N) is 3. The lowest BCUT2D eigenvalue weighted by molar-refractivity contribution is 0.413. The van der Waals surface area contributed by atoms with Crippen LogP contribution in [0.5, 0.6) is 5.75 Å². The molecule has 3 N–H and O–H groups in total. The number of benzene rings is 2. The Morgan fingerprint density at radius 1 is 1.18 bits per heavy atom. The van der Waals surface area contributed by atoms with Gasteiger partial charge >= 0.3 is 0 Å². The summed E-state index contributed by atoms with van der Waals surface area (Å²) in [6.07, 6.45) is 5.84. The van der Waals surface area contributed by atoms with Crippen molar-refractivity contribution in [1.82, 2.24) is 20.3 Å². The molecule has 3 heterocycles. The average Bonchev–Trinajstić information content (AvgIpc) is 3.30. The maximum absolute atomic E-state index is 6.49. The predicted molar refractivity (Wildman–Crippen MR) is 140 cm³/mol. The van der Waals surface area contributed by atoms with Gasteiger partial charge in [0.1, 0.15) is 5.75 Å². The quantitative estimate of drug-likeness (QED) is 0.322. The van der Waals surface area contributed by atoms with Crippen LogP contribution in [0.1, 0.15) is 19.8 Å². The number of ether oxygens (including phenoxy) is 1. The smallest absolute Gasteiger partial charge is 0.227 e. The number of nitrogens with zero attached hydrogens (tertiary/aromatic N) is 3. The number of rotatable bonds is 7. The molecule has 0 atom stereocenters. The summed E-state index contributed by atoms with van der Waals surface area (Å²) in [5, 5.41) is 8.43. The molecule has 8 heteroatoms. The number of aromatic nitrogens is 3. The fourth-order valence-electron chi connectivity index (χ4n) is 4.61. The van der Waals surface area contributed by atoms with E-state index in [2.05, 4.69) is 50.6 Å². The Labute approximate surface area is 204 Å². The second-order valence-electron chi connectivity index (χ2n) is 8.47. The Morgan fingerprint density at radius 3 is 2.79 bits per heavy atom. The molecular weight excluding hydrogens is 448 g/mol. The summed E-state index contributed by atoms with van der Waals surface area (Å²) in [5.41, 5.74) is 4.62. The Hall–Kier alpha value is -3.29. The predicted octanol–water partition coefficient (Wildman–Crippen LogP) is 5.61. The molecule has 0 saturated carbocycles. The number of H-pyrrole nitrogens is 1. The summed E-state index contributed by atoms with van der Waals surface area (Å²) in [6, 6.07) is 14.9. The highest BCUT2D eigenvalue weighted by Crippen LogP contribution is 2.35. The van der Waals surface area contributed by atoms with Crippen molar-refractivity contribution in [3.63, 3.8) is 0 Å². The van der Waals surface area contributed by atoms with Crippen molar-refractivity contribution >= 4 is 39.8 Å². The number of methoxy groups -OCH3 is 1. The lowest BCUT2D eigenvalue weighted by Crippen LogP contribution is -2.42. The summed E-state index contributed by atoms with van der Waals surface area (Å²) >= 11 is 6.49. The van der Waals surface area contributed by atoms with Crippen LogP contribution in [0.4, 0.5) is 17.3 Å². The van der Waals surface area contributed by atoms with Gasteiger partial charge in [-0.25, -0.2) is 9.97 Å². The van der Waals surface area contributed by atoms with E-state index in [0.29, 0.717) is 22.7 Å². The third-order valence-electron chi connectivity index (χ3n) is 6.37. The van der Waals surface area contributed by atoms with Crippen molar-refractivity contribution < 1.29 is 4.74 Å². The van der Waals surface area contributed by atoms with Gasteiger partial charge in [0.05, 0.1) is 29.7 Å². The first-order chi connectivity index (χ1) is 16.7. The van der Waals surface area contributed by atoms with Gasteiger partial charge in [-0.05, 0) is 37.6 Å². The van der Waals surface area contributed by atoms with Gasteiger partial charge in [-0.3, -0.25) is 0 Å². The van der Waals surface area contributed by atoms with Gasteiger partial charge in [0.25, 0.3) is 0 Å². The fraction of sp³-hybridized carbons (Fsp3) is 0.308. The monoisotopic (exact) mass is 476 g/mol. The Balaban J connectivity index is 1.38. The number of anilines is 3. The van der Waals surface area contributed by atoms with Crippen LogP contribution in [0.2, 0.25) is 5.02 Å². The normalized spacial score (nSPS) is 14.5. The topological polar surface area (TPSA) is 78.1 Å². The summed E-state index contributed by atoms with van der Waals surface area (Å²) < 4.78 is 5.70. The second-order valence-corrected chi connectivity index (χ2v) is 8.87. The van der Waals surface area contributed by atoms with E-state index in [9.17, 15) is 0 Å². The molecule has 5 rings (SSSR count). The van der Waals surface area contributed by atoms with Crippen LogP contribution in [0.25, 0.3) is 22.2 Å². The van der Waals surface area contributed by atoms with E-state index < -0.39 is 0 Å². The molecule has 7 nitrogen and oxygen atoms in total. The van der Waals surface area contributed by atoms with E-state index in [-0.39, 0.29) is 0 Å². The number of aromatic amines is 1. The number of hydrogen-bond acceptors (Lipinski definition) is 6. The first kappa shape index (κ1) is 22.5. The lowest BCUT2D eigenvalue weighted by atomic mass is 10.0. The van der Waals surface area contributed by atoms with E-state index in [1.54, 1.807) is 13.3 Å². The summed E-state index contributed by atoms with van der Waals surface area (Å²) in [4.78, 5) is 14.8. The number of halogens is 1. The van der Waals surface area contributed by atoms with Gasteiger partial charge in [-0.15, -0.1) is 0 Å². The molecule has 34 heavy (non-hydrogen) atoms. The van der Waals surface area contributed by atoms with Gasteiger partial charge < -0.3 is 25.3 Å². The third kappa shape index (κ3) is 4.54. The number of hydrogen-bond donors (Lipinski definition) is 3. The molecule has 1 aliphatic rings. The molecule has 176 valence electrons. The molecule has 0 spiro atoms. The molecule has 0 radical (unpaired) electrons. The molecule has 1 saturated heterocycles. The number of piperidine rings is 1. The Morgan fingerprint density at radius 2 is 2.00 bits per heavy atom. The largest absolute Gasteiger partial charge is 0.494 e. The molecule has 0 amide bonds. The fourth-order valence-corrected chi connectivity index (χ4v) is 4.81. The van der Waals surface area contributed by atoms with Crippen LogP contribution >= 0.6 is 11.6 Å². The van der Waals surface area contributed by atoms with Crippen molar-refractivity contribution in [2.75, 3.05) is 37.0 Å². The molecular formula is C26H29ClN6O. The molecule has 0 aliphatic carbocycles. The van der Waals surface area contributed by atoms with Crippen LogP contribution in [0.15, 0.2) is 54.9 Å². The van der Waals surface area contributed by atoms with Gasteiger partial charge in [0.2, 0.25) is 5.95 Å². The highest BCUT2D eigenvalue weighted by molar-refractivity contribution is 6.33. The minimum atomic E-state index is 0.460. The highest BCUT2D eigenvalue weighted by atomic mass is 35.5. The Bertz CT molecular complexity index is 1280. The van der Waals surface area contributed by atoms with Gasteiger partial charge in [-0.1, -0.05) is 36.7 Å². The second kappa shape index (κ2) is 9.91. The van der Waals surface area contributed by atoms with Crippen molar-refractivity contribution in [3.05, 3.63) is 59.9 Å². The molecule has 1 fully saturated rings. The number of fused-ring (bicyclic) bond motifs is 1. The SMILES string of the molecule is CCNC1CCN(c2ccc(Nc3ncc(Cl)c(-c4c[nH]c5ccccc45)n3)c(OC)c2)CC1. The maximum Gasteiger partial charge on any atom is 0.227 e. The summed E-state index contributed by atoms with van der Waals surface area (Å²) in [6.45, 7) is 5.24. The van der Waals surface area contributed by atoms with Crippen LogP contribution in [0.3, 0.4) is 0 Å². The molecule has 0 bridgehead atoms. The van der Waals surface area contributed by atoms with E-state index in [0.717, 1.165) is 66.1 Å². The molecule has 1 aliphatic heterocycles. The van der Waals surface area contributed by atoms with Gasteiger partial charge in [-0.2, -0.15) is 0 Å². The summed E-state index contributed by atoms with van der Waals surface area (Å²) in [5.74, 6) is 1.21. The van der Waals surface area contributed by atoms with Crippen molar-refractivity contribution in [2.45, 2.75) is 25.8 Å². The molecule has 4 aromatic rings. The van der Waals surface area contributed by atoms with Crippen LogP contribution in [0, 0.1) is 0 Å². The summed E-state index contributed by atoms with van der Waals surface area (Å²) in [7, 11) is 1.68. The minimum Gasteiger partial charge on any atom is -0.494 e. The van der Waals surface area contributed by atoms with Crippen LogP contribution < -0.4 is 20.3 Å². The number of para-hydroxylation sites is 1. The van der Waals surface area contributed by atoms with E-state index in [1.165, 1.54) is 0 Å². The lowest BCUT2D eigenvalue weighted by Gasteiger charge is -2.34. The molecule has 2 aromatic carbocycles. The molecule has 2 aromatic heterocycles. The average molecular weight is 477 g/mol. The van der Waals surface area contributed by atoms with E-state index in [1.807, 2.05) is 30.5 Å². The van der Waals surface area contributed by atoms with Crippen LogP contribution in [-0.2, 0) is 0 Å². The Kier molecular flexibility index (Phi) is 6.56. The standard InChI is InChI=1S/C26H29ClN6O/c1-3-28-17-10-12-33(13-11-17)18-8-9-23(24(14-18)34-2)31-26-30-16-21(27)25(32-26)20-15-29-22-7-5-4-6-19(20)22/h4-9,14-17,28-29H,3,10-13H2,1-2H3,(H,30,31,32). The first-order valence-electron chi connectivity index (χ1n) is 11.7. The highest BCUT2D eigenvalue weighted by Gasteiger charge is 2.20. The van der Waals surface area contributed by atoms with Gasteiger partial charge in [0, 0.05) is 53.5 Å². The zero-order valence-corrected chi connectivity index (χ0v) is 20.2. The third-order valence-corrected chi connectivity index (χ3v) is 6.65. The molecule has 0 unspecified atom stereocenters. The van der Waals surface area contributed by atoms with Crippen LogP contribution in [-0.4, -0.2) is 47.7 Å². The zero-order chi connectivity index (χ0) is 23.5. The maximum atomic E-state index is 6.49. The van der Waals surface area contributed by atoms with E-state index in [4.69, 9.17) is 21.3 Å². The minimum absolute atomic E-state index is 0.460. The van der Waals surface area contributed by atoms with Crippen molar-refractivity contribution in [3.8, 4) is 17.0 Å².